The summed E-state index contributed by atoms with van der Waals surface area (Å²) in [5.74, 6) is 0.848. The molecule has 1 heterocycles. The molecule has 3 heteroatoms. The van der Waals surface area contributed by atoms with E-state index in [4.69, 9.17) is 5.73 Å². The Labute approximate surface area is 100.0 Å². The average Bonchev–Trinajstić information content (AvgIpc) is 3.03. The Kier molecular flexibility index (Phi) is 3.88. The number of likely N-dealkylation sites (tertiary alicyclic amines) is 1. The molecule has 94 valence electrons. The molecule has 0 spiro atoms. The smallest absolute Gasteiger partial charge is 0.0329 e. The van der Waals surface area contributed by atoms with Crippen molar-refractivity contribution in [2.75, 3.05) is 39.8 Å². The highest BCUT2D eigenvalue weighted by Gasteiger charge is 2.43. The van der Waals surface area contributed by atoms with Gasteiger partial charge in [0.15, 0.2) is 0 Å². The van der Waals surface area contributed by atoms with E-state index in [0.717, 1.165) is 12.5 Å². The first kappa shape index (κ1) is 12.3. The van der Waals surface area contributed by atoms with Gasteiger partial charge in [-0.05, 0) is 58.7 Å². The molecular formula is C13H27N3. The fourth-order valence-electron chi connectivity index (χ4n) is 2.89. The molecule has 2 N–H and O–H groups in total. The van der Waals surface area contributed by atoms with E-state index in [1.165, 1.54) is 51.9 Å². The summed E-state index contributed by atoms with van der Waals surface area (Å²) in [5, 5.41) is 0. The zero-order chi connectivity index (χ0) is 11.6. The minimum absolute atomic E-state index is 0.250. The van der Waals surface area contributed by atoms with Gasteiger partial charge in [0.2, 0.25) is 0 Å². The normalized spacial score (nSPS) is 26.2. The molecule has 0 aromatic rings. The van der Waals surface area contributed by atoms with Gasteiger partial charge in [0.1, 0.15) is 0 Å². The summed E-state index contributed by atoms with van der Waals surface area (Å²) in [6.45, 7) is 8.14. The molecule has 1 aliphatic carbocycles. The minimum Gasteiger partial charge on any atom is -0.329 e. The highest BCUT2D eigenvalue weighted by Crippen LogP contribution is 2.41. The molecule has 3 nitrogen and oxygen atoms in total. The molecule has 0 radical (unpaired) electrons. The highest BCUT2D eigenvalue weighted by atomic mass is 15.2. The van der Waals surface area contributed by atoms with Gasteiger partial charge in [0.25, 0.3) is 0 Å². The quantitative estimate of drug-likeness (QED) is 0.736. The fourth-order valence-corrected chi connectivity index (χ4v) is 2.89. The van der Waals surface area contributed by atoms with Crippen LogP contribution in [0, 0.1) is 5.92 Å². The van der Waals surface area contributed by atoms with Gasteiger partial charge >= 0.3 is 0 Å². The second kappa shape index (κ2) is 5.03. The van der Waals surface area contributed by atoms with E-state index >= 15 is 0 Å². The number of nitrogens with two attached hydrogens (primary N) is 1. The Hall–Kier alpha value is -0.120. The van der Waals surface area contributed by atoms with Crippen molar-refractivity contribution in [3.05, 3.63) is 0 Å². The van der Waals surface area contributed by atoms with Gasteiger partial charge in [-0.2, -0.15) is 0 Å². The van der Waals surface area contributed by atoms with E-state index < -0.39 is 0 Å². The first-order chi connectivity index (χ1) is 7.66. The van der Waals surface area contributed by atoms with Gasteiger partial charge in [-0.25, -0.2) is 0 Å². The van der Waals surface area contributed by atoms with E-state index in [-0.39, 0.29) is 5.54 Å². The standard InChI is InChI=1S/C13H27N3/c1-13(11-14,12-5-6-12)15(2)9-10-16-7-3-4-8-16/h12H,3-11,14H2,1-2H3. The Morgan fingerprint density at radius 1 is 1.31 bits per heavy atom. The van der Waals surface area contributed by atoms with Crippen LogP contribution in [0.1, 0.15) is 32.6 Å². The topological polar surface area (TPSA) is 32.5 Å². The van der Waals surface area contributed by atoms with Gasteiger partial charge in [-0.3, -0.25) is 4.90 Å². The van der Waals surface area contributed by atoms with E-state index in [0.29, 0.717) is 0 Å². The van der Waals surface area contributed by atoms with Gasteiger partial charge in [-0.1, -0.05) is 0 Å². The van der Waals surface area contributed by atoms with Crippen LogP contribution in [0.2, 0.25) is 0 Å². The van der Waals surface area contributed by atoms with Crippen molar-refractivity contribution in [2.45, 2.75) is 38.1 Å². The van der Waals surface area contributed by atoms with Crippen molar-refractivity contribution < 1.29 is 0 Å². The van der Waals surface area contributed by atoms with Crippen LogP contribution in [0.5, 0.6) is 0 Å². The summed E-state index contributed by atoms with van der Waals surface area (Å²) in [5.41, 5.74) is 6.23. The lowest BCUT2D eigenvalue weighted by Crippen LogP contribution is -2.53. The largest absolute Gasteiger partial charge is 0.329 e. The van der Waals surface area contributed by atoms with Crippen molar-refractivity contribution in [3.63, 3.8) is 0 Å². The number of hydrogen-bond donors (Lipinski definition) is 1. The Morgan fingerprint density at radius 3 is 2.44 bits per heavy atom. The molecule has 0 aromatic carbocycles. The highest BCUT2D eigenvalue weighted by molar-refractivity contribution is 4.99. The molecule has 1 saturated carbocycles. The summed E-state index contributed by atoms with van der Waals surface area (Å²) < 4.78 is 0. The van der Waals surface area contributed by atoms with Crippen molar-refractivity contribution >= 4 is 0 Å². The van der Waals surface area contributed by atoms with Crippen LogP contribution >= 0.6 is 0 Å². The van der Waals surface area contributed by atoms with Crippen LogP contribution < -0.4 is 5.73 Å². The molecule has 0 aromatic heterocycles. The third kappa shape index (κ3) is 2.58. The molecule has 2 rings (SSSR count). The second-order valence-electron chi connectivity index (χ2n) is 5.81. The third-order valence-electron chi connectivity index (χ3n) is 4.69. The molecule has 2 fully saturated rings. The molecular weight excluding hydrogens is 198 g/mol. The van der Waals surface area contributed by atoms with E-state index in [1.54, 1.807) is 0 Å². The van der Waals surface area contributed by atoms with Gasteiger partial charge in [0, 0.05) is 25.2 Å². The maximum absolute atomic E-state index is 5.98. The molecule has 0 amide bonds. The van der Waals surface area contributed by atoms with E-state index in [1.807, 2.05) is 0 Å². The SMILES string of the molecule is CN(CCN1CCCC1)C(C)(CN)C1CC1. The summed E-state index contributed by atoms with van der Waals surface area (Å²) in [6, 6.07) is 0. The third-order valence-corrected chi connectivity index (χ3v) is 4.69. The summed E-state index contributed by atoms with van der Waals surface area (Å²) in [6.07, 6.45) is 5.53. The lowest BCUT2D eigenvalue weighted by Gasteiger charge is -2.39. The van der Waals surface area contributed by atoms with Gasteiger partial charge in [0.05, 0.1) is 0 Å². The van der Waals surface area contributed by atoms with Crippen molar-refractivity contribution in [2.24, 2.45) is 11.7 Å². The maximum Gasteiger partial charge on any atom is 0.0329 e. The number of hydrogen-bond acceptors (Lipinski definition) is 3. The molecule has 1 unspecified atom stereocenters. The monoisotopic (exact) mass is 225 g/mol. The van der Waals surface area contributed by atoms with Crippen LogP contribution in [0.25, 0.3) is 0 Å². The van der Waals surface area contributed by atoms with Crippen molar-refractivity contribution in [3.8, 4) is 0 Å². The summed E-state index contributed by atoms with van der Waals surface area (Å²) in [7, 11) is 2.25. The molecule has 16 heavy (non-hydrogen) atoms. The lowest BCUT2D eigenvalue weighted by molar-refractivity contribution is 0.107. The predicted molar refractivity (Wildman–Crippen MR) is 68.5 cm³/mol. The predicted octanol–water partition coefficient (Wildman–Crippen LogP) is 1.14. The van der Waals surface area contributed by atoms with Gasteiger partial charge < -0.3 is 10.6 Å². The Bertz CT molecular complexity index is 221. The molecule has 2 aliphatic rings. The molecule has 0 bridgehead atoms. The average molecular weight is 225 g/mol. The number of rotatable bonds is 6. The first-order valence-electron chi connectivity index (χ1n) is 6.80. The number of likely N-dealkylation sites (N-methyl/N-ethyl adjacent to an activating group) is 1. The molecule has 1 saturated heterocycles. The zero-order valence-corrected chi connectivity index (χ0v) is 10.9. The Balaban J connectivity index is 1.78. The number of nitrogens with zero attached hydrogens (tertiary/aromatic N) is 2. The van der Waals surface area contributed by atoms with E-state index in [2.05, 4.69) is 23.8 Å². The fraction of sp³-hybridized carbons (Fsp3) is 1.00. The zero-order valence-electron chi connectivity index (χ0n) is 10.9. The summed E-state index contributed by atoms with van der Waals surface area (Å²) in [4.78, 5) is 5.09. The van der Waals surface area contributed by atoms with Crippen LogP contribution in [-0.4, -0.2) is 55.1 Å². The van der Waals surface area contributed by atoms with E-state index in [9.17, 15) is 0 Å². The van der Waals surface area contributed by atoms with Crippen LogP contribution in [0.4, 0.5) is 0 Å². The van der Waals surface area contributed by atoms with Crippen LogP contribution in [-0.2, 0) is 0 Å². The maximum atomic E-state index is 5.98. The minimum atomic E-state index is 0.250. The van der Waals surface area contributed by atoms with Crippen LogP contribution in [0.3, 0.4) is 0 Å². The summed E-state index contributed by atoms with van der Waals surface area (Å²) >= 11 is 0. The second-order valence-corrected chi connectivity index (χ2v) is 5.81. The molecule has 1 aliphatic heterocycles. The van der Waals surface area contributed by atoms with Crippen molar-refractivity contribution in [1.29, 1.82) is 0 Å². The first-order valence-corrected chi connectivity index (χ1v) is 6.80. The van der Waals surface area contributed by atoms with Crippen molar-refractivity contribution in [1.82, 2.24) is 9.80 Å². The van der Waals surface area contributed by atoms with Gasteiger partial charge in [-0.15, -0.1) is 0 Å². The lowest BCUT2D eigenvalue weighted by atomic mass is 9.94. The van der Waals surface area contributed by atoms with Crippen LogP contribution in [0.15, 0.2) is 0 Å². The molecule has 1 atom stereocenters. The Morgan fingerprint density at radius 2 is 1.94 bits per heavy atom.